The molecule has 5 nitrogen and oxygen atoms in total. The van der Waals surface area contributed by atoms with Crippen LogP contribution < -0.4 is 5.32 Å². The van der Waals surface area contributed by atoms with Gasteiger partial charge in [0.25, 0.3) is 0 Å². The van der Waals surface area contributed by atoms with Crippen LogP contribution in [0.1, 0.15) is 37.9 Å². The Morgan fingerprint density at radius 2 is 1.96 bits per heavy atom. The number of aromatic nitrogens is 3. The van der Waals surface area contributed by atoms with Gasteiger partial charge in [-0.15, -0.1) is 10.2 Å². The summed E-state index contributed by atoms with van der Waals surface area (Å²) in [5.74, 6) is 0.981. The van der Waals surface area contributed by atoms with E-state index in [1.165, 1.54) is 17.3 Å². The van der Waals surface area contributed by atoms with Gasteiger partial charge in [0.1, 0.15) is 6.33 Å². The summed E-state index contributed by atoms with van der Waals surface area (Å²) in [6, 6.07) is 8.48. The van der Waals surface area contributed by atoms with E-state index in [0.717, 1.165) is 17.1 Å². The normalized spacial score (nSPS) is 12.4. The molecule has 1 amide bonds. The third-order valence-electron chi connectivity index (χ3n) is 3.50. The second kappa shape index (κ2) is 8.15. The van der Waals surface area contributed by atoms with Gasteiger partial charge in [0.2, 0.25) is 5.91 Å². The van der Waals surface area contributed by atoms with E-state index in [9.17, 15) is 4.79 Å². The van der Waals surface area contributed by atoms with Gasteiger partial charge in [-0.2, -0.15) is 0 Å². The van der Waals surface area contributed by atoms with Crippen molar-refractivity contribution in [2.45, 2.75) is 38.4 Å². The molecule has 2 rings (SSSR count). The second-order valence-corrected chi connectivity index (χ2v) is 7.08. The maximum absolute atomic E-state index is 12.1. The zero-order chi connectivity index (χ0) is 16.8. The van der Waals surface area contributed by atoms with Gasteiger partial charge in [-0.3, -0.25) is 4.79 Å². The van der Waals surface area contributed by atoms with E-state index in [4.69, 9.17) is 0 Å². The van der Waals surface area contributed by atoms with Gasteiger partial charge in [-0.25, -0.2) is 0 Å². The molecule has 0 aliphatic rings. The van der Waals surface area contributed by atoms with E-state index in [0.29, 0.717) is 11.7 Å². The highest BCUT2D eigenvalue weighted by atomic mass is 32.2. The summed E-state index contributed by atoms with van der Waals surface area (Å²) in [6.07, 6.45) is 2.71. The van der Waals surface area contributed by atoms with Crippen LogP contribution in [0.5, 0.6) is 0 Å². The molecule has 124 valence electrons. The van der Waals surface area contributed by atoms with Crippen LogP contribution in [-0.4, -0.2) is 26.4 Å². The number of amides is 1. The molecule has 0 aliphatic heterocycles. The van der Waals surface area contributed by atoms with E-state index in [2.05, 4.69) is 53.6 Å². The molecule has 1 heterocycles. The molecular formula is C17H24N4OS. The number of carbonyl (C=O) groups is 1. The monoisotopic (exact) mass is 332 g/mol. The molecule has 0 spiro atoms. The van der Waals surface area contributed by atoms with E-state index in [1.807, 2.05) is 14.0 Å². The number of thioether (sulfide) groups is 1. The molecule has 6 heteroatoms. The van der Waals surface area contributed by atoms with Crippen molar-refractivity contribution < 1.29 is 4.79 Å². The third-order valence-corrected chi connectivity index (χ3v) is 4.54. The summed E-state index contributed by atoms with van der Waals surface area (Å²) in [4.78, 5) is 12.1. The summed E-state index contributed by atoms with van der Waals surface area (Å²) in [5, 5.41) is 11.5. The lowest BCUT2D eigenvalue weighted by Gasteiger charge is -2.15. The Balaban J connectivity index is 1.84. The fourth-order valence-corrected chi connectivity index (χ4v) is 3.01. The molecule has 0 saturated heterocycles. The highest BCUT2D eigenvalue weighted by Crippen LogP contribution is 2.17. The first kappa shape index (κ1) is 17.5. The van der Waals surface area contributed by atoms with Crippen molar-refractivity contribution in [3.05, 3.63) is 41.7 Å². The van der Waals surface area contributed by atoms with Crippen LogP contribution >= 0.6 is 11.8 Å². The van der Waals surface area contributed by atoms with Crippen molar-refractivity contribution in [1.82, 2.24) is 20.1 Å². The van der Waals surface area contributed by atoms with Crippen LogP contribution in [-0.2, 0) is 18.3 Å². The number of nitrogens with one attached hydrogen (secondary N) is 1. The van der Waals surface area contributed by atoms with E-state index < -0.39 is 0 Å². The van der Waals surface area contributed by atoms with Gasteiger partial charge in [0.15, 0.2) is 5.16 Å². The average molecular weight is 332 g/mol. The Labute approximate surface area is 141 Å². The van der Waals surface area contributed by atoms with Crippen molar-refractivity contribution in [2.75, 3.05) is 5.75 Å². The van der Waals surface area contributed by atoms with E-state index >= 15 is 0 Å². The number of nitrogens with zero attached hydrogens (tertiary/aromatic N) is 3. The summed E-state index contributed by atoms with van der Waals surface area (Å²) in [6.45, 7) is 6.43. The maximum atomic E-state index is 12.1. The largest absolute Gasteiger partial charge is 0.349 e. The number of aryl methyl sites for hydroxylation is 1. The van der Waals surface area contributed by atoms with Crippen molar-refractivity contribution in [1.29, 1.82) is 0 Å². The molecule has 1 aromatic carbocycles. The highest BCUT2D eigenvalue weighted by molar-refractivity contribution is 7.99. The molecule has 1 N–H and O–H groups in total. The van der Waals surface area contributed by atoms with Gasteiger partial charge in [0.05, 0.1) is 11.8 Å². The minimum Gasteiger partial charge on any atom is -0.349 e. The number of carbonyl (C=O) groups excluding carboxylic acids is 1. The van der Waals surface area contributed by atoms with E-state index in [1.54, 1.807) is 10.9 Å². The Morgan fingerprint density at radius 1 is 1.26 bits per heavy atom. The minimum atomic E-state index is -0.00398. The van der Waals surface area contributed by atoms with Crippen LogP contribution in [0.15, 0.2) is 35.7 Å². The Bertz CT molecular complexity index is 636. The van der Waals surface area contributed by atoms with Crippen LogP contribution in [0, 0.1) is 5.92 Å². The fourth-order valence-electron chi connectivity index (χ4n) is 2.31. The lowest BCUT2D eigenvalue weighted by molar-refractivity contribution is -0.119. The van der Waals surface area contributed by atoms with Crippen molar-refractivity contribution in [2.24, 2.45) is 13.0 Å². The number of benzene rings is 1. The molecule has 23 heavy (non-hydrogen) atoms. The Kier molecular flexibility index (Phi) is 6.21. The zero-order valence-corrected chi connectivity index (χ0v) is 14.9. The maximum Gasteiger partial charge on any atom is 0.230 e. The van der Waals surface area contributed by atoms with Gasteiger partial charge in [-0.05, 0) is 30.4 Å². The average Bonchev–Trinajstić information content (AvgIpc) is 2.90. The Morgan fingerprint density at radius 3 is 2.52 bits per heavy atom. The number of hydrogen-bond acceptors (Lipinski definition) is 4. The first-order valence-electron chi connectivity index (χ1n) is 7.80. The molecule has 0 aliphatic carbocycles. The molecule has 1 atom stereocenters. The first-order chi connectivity index (χ1) is 11.0. The standard InChI is InChI=1S/C17H24N4OS/c1-12(2)9-14-5-7-15(8-6-14)13(3)19-16(22)10-23-17-20-18-11-21(17)4/h5-8,11-13H,9-10H2,1-4H3,(H,19,22)/t13-/m0/s1. The second-order valence-electron chi connectivity index (χ2n) is 6.14. The smallest absolute Gasteiger partial charge is 0.230 e. The van der Waals surface area contributed by atoms with Gasteiger partial charge in [0, 0.05) is 7.05 Å². The lowest BCUT2D eigenvalue weighted by Crippen LogP contribution is -2.28. The number of rotatable bonds is 7. The SMILES string of the molecule is CC(C)Cc1ccc([C@H](C)NC(=O)CSc2nncn2C)cc1. The van der Waals surface area contributed by atoms with Crippen LogP contribution in [0.25, 0.3) is 0 Å². The number of hydrogen-bond donors (Lipinski definition) is 1. The predicted octanol–water partition coefficient (Wildman–Crippen LogP) is 2.98. The van der Waals surface area contributed by atoms with Gasteiger partial charge < -0.3 is 9.88 Å². The van der Waals surface area contributed by atoms with Crippen LogP contribution in [0.4, 0.5) is 0 Å². The third kappa shape index (κ3) is 5.39. The highest BCUT2D eigenvalue weighted by Gasteiger charge is 2.11. The molecule has 0 bridgehead atoms. The minimum absolute atomic E-state index is 0.00300. The summed E-state index contributed by atoms with van der Waals surface area (Å²) >= 11 is 1.39. The van der Waals surface area contributed by atoms with Crippen molar-refractivity contribution in [3.8, 4) is 0 Å². The summed E-state index contributed by atoms with van der Waals surface area (Å²) in [5.41, 5.74) is 2.45. The summed E-state index contributed by atoms with van der Waals surface area (Å²) < 4.78 is 1.80. The van der Waals surface area contributed by atoms with Crippen LogP contribution in [0.2, 0.25) is 0 Å². The summed E-state index contributed by atoms with van der Waals surface area (Å²) in [7, 11) is 1.86. The first-order valence-corrected chi connectivity index (χ1v) is 8.79. The van der Waals surface area contributed by atoms with Gasteiger partial charge >= 0.3 is 0 Å². The molecule has 0 fully saturated rings. The molecule has 2 aromatic rings. The van der Waals surface area contributed by atoms with Crippen molar-refractivity contribution in [3.63, 3.8) is 0 Å². The van der Waals surface area contributed by atoms with Crippen molar-refractivity contribution >= 4 is 17.7 Å². The molecule has 0 unspecified atom stereocenters. The van der Waals surface area contributed by atoms with Gasteiger partial charge in [-0.1, -0.05) is 49.9 Å². The molecule has 0 radical (unpaired) electrons. The molecule has 1 aromatic heterocycles. The Hall–Kier alpha value is -1.82. The molecular weight excluding hydrogens is 308 g/mol. The zero-order valence-electron chi connectivity index (χ0n) is 14.1. The van der Waals surface area contributed by atoms with E-state index in [-0.39, 0.29) is 11.9 Å². The van der Waals surface area contributed by atoms with Crippen LogP contribution in [0.3, 0.4) is 0 Å². The predicted molar refractivity (Wildman–Crippen MR) is 93.3 cm³/mol. The lowest BCUT2D eigenvalue weighted by atomic mass is 10.00. The quantitative estimate of drug-likeness (QED) is 0.792. The topological polar surface area (TPSA) is 59.8 Å². The fraction of sp³-hybridized carbons (Fsp3) is 0.471. The molecule has 0 saturated carbocycles.